The number of hydrogen-bond acceptors (Lipinski definition) is 3. The third-order valence-corrected chi connectivity index (χ3v) is 3.59. The van der Waals surface area contributed by atoms with Crippen molar-refractivity contribution in [3.05, 3.63) is 0 Å². The fourth-order valence-corrected chi connectivity index (χ4v) is 3.31. The van der Waals surface area contributed by atoms with E-state index in [-0.39, 0.29) is 5.91 Å². The Bertz CT molecular complexity index is 112. The Morgan fingerprint density at radius 3 is 2.56 bits per heavy atom. The van der Waals surface area contributed by atoms with Gasteiger partial charge in [-0.25, -0.2) is 0 Å². The molecule has 0 aromatic carbocycles. The monoisotopic (exact) mass is 163 g/mol. The van der Waals surface area contributed by atoms with Gasteiger partial charge in [-0.2, -0.15) is 0 Å². The summed E-state index contributed by atoms with van der Waals surface area (Å²) in [6.07, 6.45) is 0. The van der Waals surface area contributed by atoms with E-state index < -0.39 is 0 Å². The molecule has 1 N–H and O–H groups in total. The summed E-state index contributed by atoms with van der Waals surface area (Å²) < 4.78 is 0. The van der Waals surface area contributed by atoms with Crippen molar-refractivity contribution >= 4 is 27.5 Å². The molecule has 9 heavy (non-hydrogen) atoms. The zero-order valence-corrected chi connectivity index (χ0v) is 6.85. The van der Waals surface area contributed by atoms with Gasteiger partial charge in [-0.3, -0.25) is 4.79 Å². The number of rotatable bonds is 1. The van der Waals surface area contributed by atoms with Crippen LogP contribution in [0, 0.1) is 0 Å². The van der Waals surface area contributed by atoms with Crippen LogP contribution in [0.1, 0.15) is 6.92 Å². The van der Waals surface area contributed by atoms with Gasteiger partial charge in [-0.1, -0.05) is 21.6 Å². The Labute approximate surface area is 62.6 Å². The van der Waals surface area contributed by atoms with Gasteiger partial charge in [0.1, 0.15) is 0 Å². The SMILES string of the molecule is CC(=O)NC1CSSC1. The maximum Gasteiger partial charge on any atom is 0.217 e. The van der Waals surface area contributed by atoms with E-state index in [4.69, 9.17) is 0 Å². The summed E-state index contributed by atoms with van der Waals surface area (Å²) in [7, 11) is 3.65. The van der Waals surface area contributed by atoms with E-state index in [1.54, 1.807) is 6.92 Å². The first kappa shape index (κ1) is 7.28. The third kappa shape index (κ3) is 2.49. The van der Waals surface area contributed by atoms with Crippen molar-refractivity contribution in [1.29, 1.82) is 0 Å². The second kappa shape index (κ2) is 3.37. The molecule has 0 spiro atoms. The van der Waals surface area contributed by atoms with Crippen LogP contribution in [-0.4, -0.2) is 23.5 Å². The Hall–Kier alpha value is 0.170. The van der Waals surface area contributed by atoms with Crippen molar-refractivity contribution in [2.24, 2.45) is 0 Å². The first-order chi connectivity index (χ1) is 4.29. The van der Waals surface area contributed by atoms with Crippen LogP contribution >= 0.6 is 21.6 Å². The van der Waals surface area contributed by atoms with E-state index in [1.165, 1.54) is 0 Å². The predicted molar refractivity (Wildman–Crippen MR) is 42.5 cm³/mol. The van der Waals surface area contributed by atoms with E-state index in [1.807, 2.05) is 21.6 Å². The van der Waals surface area contributed by atoms with Crippen LogP contribution in [0.2, 0.25) is 0 Å². The number of carbonyl (C=O) groups is 1. The van der Waals surface area contributed by atoms with Crippen molar-refractivity contribution in [1.82, 2.24) is 5.32 Å². The van der Waals surface area contributed by atoms with Gasteiger partial charge in [0.05, 0.1) is 0 Å². The van der Waals surface area contributed by atoms with Gasteiger partial charge >= 0.3 is 0 Å². The molecule has 1 aliphatic heterocycles. The summed E-state index contributed by atoms with van der Waals surface area (Å²) in [5.74, 6) is 2.21. The van der Waals surface area contributed by atoms with E-state index in [2.05, 4.69) is 5.32 Å². The van der Waals surface area contributed by atoms with Crippen molar-refractivity contribution < 1.29 is 4.79 Å². The Balaban J connectivity index is 2.19. The summed E-state index contributed by atoms with van der Waals surface area (Å²) in [5, 5.41) is 2.86. The van der Waals surface area contributed by atoms with Crippen LogP contribution < -0.4 is 5.32 Å². The second-order valence-corrected chi connectivity index (χ2v) is 4.52. The van der Waals surface area contributed by atoms with Gasteiger partial charge in [0, 0.05) is 24.5 Å². The molecule has 1 saturated heterocycles. The standard InChI is InChI=1S/C5H9NOS2/c1-4(7)6-5-2-8-9-3-5/h5H,2-3H2,1H3,(H,6,7). The lowest BCUT2D eigenvalue weighted by Gasteiger charge is -2.06. The van der Waals surface area contributed by atoms with E-state index in [0.29, 0.717) is 6.04 Å². The fourth-order valence-electron chi connectivity index (χ4n) is 0.679. The Kier molecular flexibility index (Phi) is 2.72. The molecule has 0 bridgehead atoms. The van der Waals surface area contributed by atoms with E-state index >= 15 is 0 Å². The maximum atomic E-state index is 10.5. The largest absolute Gasteiger partial charge is 0.352 e. The molecule has 0 unspecified atom stereocenters. The number of nitrogens with one attached hydrogen (secondary N) is 1. The molecule has 2 nitrogen and oxygen atoms in total. The average Bonchev–Trinajstić information content (AvgIpc) is 2.15. The lowest BCUT2D eigenvalue weighted by molar-refractivity contribution is -0.119. The van der Waals surface area contributed by atoms with Gasteiger partial charge in [0.2, 0.25) is 5.91 Å². The first-order valence-electron chi connectivity index (χ1n) is 2.80. The van der Waals surface area contributed by atoms with Crippen LogP contribution in [0.4, 0.5) is 0 Å². The zero-order valence-electron chi connectivity index (χ0n) is 5.22. The molecule has 1 fully saturated rings. The topological polar surface area (TPSA) is 29.1 Å². The van der Waals surface area contributed by atoms with Gasteiger partial charge in [0.15, 0.2) is 0 Å². The van der Waals surface area contributed by atoms with Crippen LogP contribution in [-0.2, 0) is 4.79 Å². The molecule has 1 aliphatic rings. The molecule has 0 aliphatic carbocycles. The molecule has 52 valence electrons. The van der Waals surface area contributed by atoms with Crippen molar-refractivity contribution in [3.63, 3.8) is 0 Å². The second-order valence-electron chi connectivity index (χ2n) is 1.97. The minimum atomic E-state index is 0.0862. The summed E-state index contributed by atoms with van der Waals surface area (Å²) in [4.78, 5) is 10.5. The lowest BCUT2D eigenvalue weighted by Crippen LogP contribution is -2.34. The fraction of sp³-hybridized carbons (Fsp3) is 0.800. The normalized spacial score (nSPS) is 20.1. The first-order valence-corrected chi connectivity index (χ1v) is 5.29. The number of hydrogen-bond donors (Lipinski definition) is 1. The highest BCUT2D eigenvalue weighted by Gasteiger charge is 2.15. The molecule has 0 saturated carbocycles. The highest BCUT2D eigenvalue weighted by Crippen LogP contribution is 2.30. The number of amides is 1. The summed E-state index contributed by atoms with van der Waals surface area (Å²) in [5.41, 5.74) is 0. The van der Waals surface area contributed by atoms with E-state index in [0.717, 1.165) is 11.5 Å². The van der Waals surface area contributed by atoms with Gasteiger partial charge in [-0.05, 0) is 0 Å². The van der Waals surface area contributed by atoms with Crippen molar-refractivity contribution in [3.8, 4) is 0 Å². The van der Waals surface area contributed by atoms with Gasteiger partial charge in [0.25, 0.3) is 0 Å². The molecule has 1 rings (SSSR count). The van der Waals surface area contributed by atoms with Crippen LogP contribution in [0.25, 0.3) is 0 Å². The molecular weight excluding hydrogens is 154 g/mol. The predicted octanol–water partition coefficient (Wildman–Crippen LogP) is 0.886. The molecule has 1 amide bonds. The summed E-state index contributed by atoms with van der Waals surface area (Å²) in [6, 6.07) is 0.414. The van der Waals surface area contributed by atoms with Crippen LogP contribution in [0.3, 0.4) is 0 Å². The van der Waals surface area contributed by atoms with Crippen molar-refractivity contribution in [2.75, 3.05) is 11.5 Å². The smallest absolute Gasteiger partial charge is 0.217 e. The molecule has 0 aromatic rings. The lowest BCUT2D eigenvalue weighted by atomic mass is 10.4. The summed E-state index contributed by atoms with van der Waals surface area (Å²) in [6.45, 7) is 1.56. The highest BCUT2D eigenvalue weighted by molar-refractivity contribution is 8.77. The summed E-state index contributed by atoms with van der Waals surface area (Å²) >= 11 is 0. The molecule has 0 aromatic heterocycles. The van der Waals surface area contributed by atoms with Gasteiger partial charge < -0.3 is 5.32 Å². The molecule has 4 heteroatoms. The Morgan fingerprint density at radius 1 is 1.56 bits per heavy atom. The Morgan fingerprint density at radius 2 is 2.11 bits per heavy atom. The molecule has 0 radical (unpaired) electrons. The highest BCUT2D eigenvalue weighted by atomic mass is 33.1. The third-order valence-electron chi connectivity index (χ3n) is 1.03. The number of carbonyl (C=O) groups excluding carboxylic acids is 1. The minimum Gasteiger partial charge on any atom is -0.352 e. The zero-order chi connectivity index (χ0) is 6.69. The maximum absolute atomic E-state index is 10.5. The molecular formula is C5H9NOS2. The van der Waals surface area contributed by atoms with E-state index in [9.17, 15) is 4.79 Å². The van der Waals surface area contributed by atoms with Gasteiger partial charge in [-0.15, -0.1) is 0 Å². The molecule has 1 heterocycles. The van der Waals surface area contributed by atoms with Crippen LogP contribution in [0.15, 0.2) is 0 Å². The van der Waals surface area contributed by atoms with Crippen molar-refractivity contribution in [2.45, 2.75) is 13.0 Å². The van der Waals surface area contributed by atoms with Crippen LogP contribution in [0.5, 0.6) is 0 Å². The molecule has 0 atom stereocenters. The average molecular weight is 163 g/mol. The quantitative estimate of drug-likeness (QED) is 0.582. The minimum absolute atomic E-state index is 0.0862.